The predicted octanol–water partition coefficient (Wildman–Crippen LogP) is 3.48. The average molecular weight is 319 g/mol. The summed E-state index contributed by atoms with van der Waals surface area (Å²) in [5, 5.41) is 4.39. The molecule has 0 unspecified atom stereocenters. The van der Waals surface area contributed by atoms with Crippen LogP contribution in [0.5, 0.6) is 0 Å². The fourth-order valence-electron chi connectivity index (χ4n) is 2.39. The van der Waals surface area contributed by atoms with Crippen LogP contribution in [0.4, 0.5) is 0 Å². The van der Waals surface area contributed by atoms with Gasteiger partial charge in [0.1, 0.15) is 12.3 Å². The molecule has 2 saturated carbocycles. The Bertz CT molecular complexity index is 757. The van der Waals surface area contributed by atoms with Crippen LogP contribution in [-0.2, 0) is 11.4 Å². The summed E-state index contributed by atoms with van der Waals surface area (Å²) in [7, 11) is 0. The minimum atomic E-state index is 0.624. The van der Waals surface area contributed by atoms with Crippen LogP contribution in [0, 0.1) is 23.7 Å². The van der Waals surface area contributed by atoms with E-state index in [9.17, 15) is 0 Å². The van der Waals surface area contributed by atoms with Crippen LogP contribution in [0.25, 0.3) is 0 Å². The lowest BCUT2D eigenvalue weighted by molar-refractivity contribution is 0.133. The van der Waals surface area contributed by atoms with Gasteiger partial charge in [-0.25, -0.2) is 4.98 Å². The molecule has 1 heterocycles. The molecule has 0 radical (unpaired) electrons. The Hall–Kier alpha value is -2.54. The number of hydrogen-bond acceptors (Lipinski definition) is 3. The number of hydrogen-bond donors (Lipinski definition) is 0. The summed E-state index contributed by atoms with van der Waals surface area (Å²) in [6.07, 6.45) is 10.6. The highest BCUT2D eigenvalue weighted by Crippen LogP contribution is 2.29. The van der Waals surface area contributed by atoms with Gasteiger partial charge in [-0.2, -0.15) is 0 Å². The van der Waals surface area contributed by atoms with E-state index in [1.807, 2.05) is 10.8 Å². The molecule has 1 aromatic heterocycles. The van der Waals surface area contributed by atoms with Crippen LogP contribution >= 0.6 is 0 Å². The summed E-state index contributed by atoms with van der Waals surface area (Å²) in [6, 6.07) is 8.28. The zero-order valence-corrected chi connectivity index (χ0v) is 13.7. The summed E-state index contributed by atoms with van der Waals surface area (Å²) in [5.41, 5.74) is 3.04. The molecule has 4 heteroatoms. The van der Waals surface area contributed by atoms with E-state index in [4.69, 9.17) is 4.84 Å². The van der Waals surface area contributed by atoms with Crippen LogP contribution in [0.1, 0.15) is 36.8 Å². The van der Waals surface area contributed by atoms with E-state index in [0.717, 1.165) is 23.4 Å². The molecule has 2 aromatic rings. The second kappa shape index (κ2) is 6.92. The van der Waals surface area contributed by atoms with Crippen molar-refractivity contribution in [1.82, 2.24) is 9.55 Å². The first-order valence-corrected chi connectivity index (χ1v) is 8.63. The Kier molecular flexibility index (Phi) is 4.33. The van der Waals surface area contributed by atoms with Gasteiger partial charge in [-0.1, -0.05) is 29.1 Å². The lowest BCUT2D eigenvalue weighted by Gasteiger charge is -2.08. The molecule has 0 spiro atoms. The first-order valence-electron chi connectivity index (χ1n) is 8.63. The number of benzene rings is 1. The van der Waals surface area contributed by atoms with Crippen molar-refractivity contribution in [2.24, 2.45) is 17.0 Å². The van der Waals surface area contributed by atoms with E-state index in [2.05, 4.69) is 46.2 Å². The molecular weight excluding hydrogens is 298 g/mol. The lowest BCUT2D eigenvalue weighted by Crippen LogP contribution is -2.11. The molecule has 0 aliphatic heterocycles. The summed E-state index contributed by atoms with van der Waals surface area (Å²) >= 11 is 0. The van der Waals surface area contributed by atoms with Crippen LogP contribution in [0.3, 0.4) is 0 Å². The smallest absolute Gasteiger partial charge is 0.120 e. The minimum Gasteiger partial charge on any atom is -0.395 e. The SMILES string of the molecule is C(#CC1CC1)c1ccc(C(Cn2ccnc2)=NOCC2CC2)cc1. The summed E-state index contributed by atoms with van der Waals surface area (Å²) in [4.78, 5) is 9.66. The van der Waals surface area contributed by atoms with Crippen molar-refractivity contribution in [2.75, 3.05) is 6.61 Å². The van der Waals surface area contributed by atoms with Crippen LogP contribution in [0.15, 0.2) is 48.1 Å². The molecule has 0 saturated heterocycles. The summed E-state index contributed by atoms with van der Waals surface area (Å²) in [5.74, 6) is 7.86. The molecule has 1 aromatic carbocycles. The maximum Gasteiger partial charge on any atom is 0.120 e. The first kappa shape index (κ1) is 15.0. The number of nitrogens with zero attached hydrogens (tertiary/aromatic N) is 3. The van der Waals surface area contributed by atoms with Crippen LogP contribution in [-0.4, -0.2) is 21.9 Å². The second-order valence-corrected chi connectivity index (χ2v) is 6.63. The topological polar surface area (TPSA) is 39.4 Å². The van der Waals surface area contributed by atoms with Gasteiger partial charge in [0.15, 0.2) is 0 Å². The van der Waals surface area contributed by atoms with Crippen molar-refractivity contribution in [2.45, 2.75) is 32.2 Å². The maximum atomic E-state index is 5.57. The Morgan fingerprint density at radius 3 is 2.71 bits per heavy atom. The quantitative estimate of drug-likeness (QED) is 0.464. The molecule has 2 aliphatic carbocycles. The third kappa shape index (κ3) is 4.26. The zero-order chi connectivity index (χ0) is 16.2. The molecule has 4 nitrogen and oxygen atoms in total. The van der Waals surface area contributed by atoms with Crippen molar-refractivity contribution in [1.29, 1.82) is 0 Å². The maximum absolute atomic E-state index is 5.57. The third-order valence-corrected chi connectivity index (χ3v) is 4.29. The first-order chi connectivity index (χ1) is 11.9. The predicted molar refractivity (Wildman–Crippen MR) is 93.5 cm³/mol. The lowest BCUT2D eigenvalue weighted by atomic mass is 10.1. The molecule has 24 heavy (non-hydrogen) atoms. The fourth-order valence-corrected chi connectivity index (χ4v) is 2.39. The largest absolute Gasteiger partial charge is 0.395 e. The highest BCUT2D eigenvalue weighted by atomic mass is 16.6. The number of imidazole rings is 1. The van der Waals surface area contributed by atoms with Gasteiger partial charge in [0.2, 0.25) is 0 Å². The van der Waals surface area contributed by atoms with Crippen LogP contribution in [0.2, 0.25) is 0 Å². The Labute approximate surface area is 142 Å². The van der Waals surface area contributed by atoms with Crippen molar-refractivity contribution < 1.29 is 4.84 Å². The molecule has 122 valence electrons. The van der Waals surface area contributed by atoms with Crippen molar-refractivity contribution >= 4 is 5.71 Å². The number of aromatic nitrogens is 2. The Morgan fingerprint density at radius 2 is 2.04 bits per heavy atom. The molecule has 0 atom stereocenters. The monoisotopic (exact) mass is 319 g/mol. The van der Waals surface area contributed by atoms with Crippen LogP contribution < -0.4 is 0 Å². The minimum absolute atomic E-state index is 0.624. The number of oxime groups is 1. The Balaban J connectivity index is 1.48. The van der Waals surface area contributed by atoms with Gasteiger partial charge < -0.3 is 9.40 Å². The standard InChI is InChI=1S/C20H21N3O/c1-2-16(1)3-4-17-7-9-19(10-8-17)20(13-23-12-11-21-15-23)22-24-14-18-5-6-18/h7-12,15-16,18H,1-2,5-6,13-14H2. The van der Waals surface area contributed by atoms with E-state index in [0.29, 0.717) is 18.4 Å². The molecule has 0 amide bonds. The Morgan fingerprint density at radius 1 is 1.21 bits per heavy atom. The summed E-state index contributed by atoms with van der Waals surface area (Å²) < 4.78 is 2.00. The van der Waals surface area contributed by atoms with Gasteiger partial charge in [-0.15, -0.1) is 0 Å². The molecule has 2 aliphatic rings. The summed E-state index contributed by atoms with van der Waals surface area (Å²) in [6.45, 7) is 1.37. The number of rotatable bonds is 6. The molecule has 0 bridgehead atoms. The van der Waals surface area contributed by atoms with E-state index in [-0.39, 0.29) is 0 Å². The van der Waals surface area contributed by atoms with Gasteiger partial charge in [0.25, 0.3) is 0 Å². The van der Waals surface area contributed by atoms with Gasteiger partial charge in [-0.3, -0.25) is 0 Å². The van der Waals surface area contributed by atoms with Gasteiger partial charge in [0, 0.05) is 29.4 Å². The normalized spacial score (nSPS) is 17.2. The highest BCUT2D eigenvalue weighted by molar-refractivity contribution is 6.00. The van der Waals surface area contributed by atoms with Gasteiger partial charge >= 0.3 is 0 Å². The second-order valence-electron chi connectivity index (χ2n) is 6.63. The van der Waals surface area contributed by atoms with E-state index in [1.54, 1.807) is 12.5 Å². The van der Waals surface area contributed by atoms with E-state index in [1.165, 1.54) is 25.7 Å². The molecular formula is C20H21N3O. The third-order valence-electron chi connectivity index (χ3n) is 4.29. The molecule has 4 rings (SSSR count). The van der Waals surface area contributed by atoms with Gasteiger partial charge in [0.05, 0.1) is 12.9 Å². The van der Waals surface area contributed by atoms with Crippen molar-refractivity contribution in [3.63, 3.8) is 0 Å². The van der Waals surface area contributed by atoms with E-state index >= 15 is 0 Å². The average Bonchev–Trinajstić information content (AvgIpc) is 3.54. The zero-order valence-electron chi connectivity index (χ0n) is 13.7. The highest BCUT2D eigenvalue weighted by Gasteiger charge is 2.22. The van der Waals surface area contributed by atoms with E-state index < -0.39 is 0 Å². The van der Waals surface area contributed by atoms with Crippen molar-refractivity contribution in [3.8, 4) is 11.8 Å². The molecule has 0 N–H and O–H groups in total. The van der Waals surface area contributed by atoms with Crippen molar-refractivity contribution in [3.05, 3.63) is 54.1 Å². The molecule has 2 fully saturated rings. The van der Waals surface area contributed by atoms with Gasteiger partial charge in [-0.05, 0) is 43.7 Å². The fraction of sp³-hybridized carbons (Fsp3) is 0.400.